The Hall–Kier alpha value is -1.47. The number of hydrogen-bond donors (Lipinski definition) is 4. The maximum absolute atomic E-state index is 11.5. The van der Waals surface area contributed by atoms with Gasteiger partial charge in [-0.2, -0.15) is 0 Å². The van der Waals surface area contributed by atoms with Gasteiger partial charge in [0.25, 0.3) is 0 Å². The fourth-order valence-corrected chi connectivity index (χ4v) is 0.978. The third-order valence-electron chi connectivity index (χ3n) is 2.15. The lowest BCUT2D eigenvalue weighted by Gasteiger charge is -2.19. The molecule has 0 saturated heterocycles. The van der Waals surface area contributed by atoms with E-state index >= 15 is 0 Å². The maximum atomic E-state index is 11.5. The summed E-state index contributed by atoms with van der Waals surface area (Å²) in [5.41, 5.74) is 5.39. The van der Waals surface area contributed by atoms with Crippen molar-refractivity contribution in [2.45, 2.75) is 45.0 Å². The van der Waals surface area contributed by atoms with E-state index in [4.69, 9.17) is 10.8 Å². The third kappa shape index (κ3) is 5.41. The van der Waals surface area contributed by atoms with Gasteiger partial charge in [-0.15, -0.1) is 0 Å². The van der Waals surface area contributed by atoms with Crippen molar-refractivity contribution >= 4 is 18.1 Å². The molecule has 7 heteroatoms. The highest BCUT2D eigenvalue weighted by atomic mass is 16.3. The summed E-state index contributed by atoms with van der Waals surface area (Å²) in [4.78, 5) is 33.2. The summed E-state index contributed by atoms with van der Waals surface area (Å²) in [6.45, 7) is 4.35. The van der Waals surface area contributed by atoms with Crippen molar-refractivity contribution in [3.63, 3.8) is 0 Å². The molecule has 4 atom stereocenters. The lowest BCUT2D eigenvalue weighted by Crippen LogP contribution is -2.54. The molecule has 0 aromatic rings. The summed E-state index contributed by atoms with van der Waals surface area (Å²) >= 11 is 0. The number of nitrogens with one attached hydrogen (secondary N) is 2. The Labute approximate surface area is 99.7 Å². The highest BCUT2D eigenvalue weighted by Gasteiger charge is 2.23. The molecule has 0 heterocycles. The van der Waals surface area contributed by atoms with Crippen molar-refractivity contribution in [1.29, 1.82) is 0 Å². The smallest absolute Gasteiger partial charge is 0.242 e. The van der Waals surface area contributed by atoms with Gasteiger partial charge in [0.2, 0.25) is 11.8 Å². The average molecular weight is 245 g/mol. The number of nitrogens with two attached hydrogens (primary N) is 1. The van der Waals surface area contributed by atoms with E-state index in [1.807, 2.05) is 0 Å². The van der Waals surface area contributed by atoms with Crippen LogP contribution in [0.1, 0.15) is 20.8 Å². The molecular weight excluding hydrogens is 226 g/mol. The molecule has 5 N–H and O–H groups in total. The van der Waals surface area contributed by atoms with Crippen molar-refractivity contribution in [3.05, 3.63) is 0 Å². The monoisotopic (exact) mass is 245 g/mol. The first-order valence-corrected chi connectivity index (χ1v) is 5.29. The van der Waals surface area contributed by atoms with Gasteiger partial charge in [0.1, 0.15) is 18.4 Å². The summed E-state index contributed by atoms with van der Waals surface area (Å²) in [5, 5.41) is 13.8. The van der Waals surface area contributed by atoms with Crippen LogP contribution < -0.4 is 16.4 Å². The molecule has 0 rings (SSSR count). The third-order valence-corrected chi connectivity index (χ3v) is 2.15. The number of aliphatic hydroxyl groups excluding tert-OH is 1. The summed E-state index contributed by atoms with van der Waals surface area (Å²) in [6.07, 6.45) is -0.423. The number of aldehydes is 1. The van der Waals surface area contributed by atoms with Crippen LogP contribution in [0.15, 0.2) is 0 Å². The summed E-state index contributed by atoms with van der Waals surface area (Å²) in [6, 6.07) is -2.53. The van der Waals surface area contributed by atoms with Gasteiger partial charge in [-0.05, 0) is 20.8 Å². The van der Waals surface area contributed by atoms with Gasteiger partial charge in [-0.25, -0.2) is 0 Å². The van der Waals surface area contributed by atoms with E-state index in [1.165, 1.54) is 20.8 Å². The minimum atomic E-state index is -1.09. The van der Waals surface area contributed by atoms with Crippen molar-refractivity contribution in [1.82, 2.24) is 10.6 Å². The number of amides is 2. The van der Waals surface area contributed by atoms with E-state index in [2.05, 4.69) is 10.6 Å². The molecular formula is C10H19N3O4. The fraction of sp³-hybridized carbons (Fsp3) is 0.700. The predicted octanol–water partition coefficient (Wildman–Crippen LogP) is -2.10. The molecule has 0 unspecified atom stereocenters. The van der Waals surface area contributed by atoms with Crippen LogP contribution >= 0.6 is 0 Å². The Morgan fingerprint density at radius 2 is 1.71 bits per heavy atom. The molecule has 0 spiro atoms. The van der Waals surface area contributed by atoms with Gasteiger partial charge in [-0.3, -0.25) is 9.59 Å². The second-order valence-corrected chi connectivity index (χ2v) is 3.93. The molecule has 0 radical (unpaired) electrons. The summed E-state index contributed by atoms with van der Waals surface area (Å²) < 4.78 is 0. The lowest BCUT2D eigenvalue weighted by molar-refractivity contribution is -0.131. The number of rotatable bonds is 6. The molecule has 0 aliphatic carbocycles. The van der Waals surface area contributed by atoms with Crippen LogP contribution in [0.2, 0.25) is 0 Å². The Morgan fingerprint density at radius 1 is 1.18 bits per heavy atom. The normalized spacial score (nSPS) is 17.5. The van der Waals surface area contributed by atoms with Crippen molar-refractivity contribution in [2.24, 2.45) is 5.73 Å². The average Bonchev–Trinajstić information content (AvgIpc) is 2.27. The minimum absolute atomic E-state index is 0.490. The van der Waals surface area contributed by atoms with Crippen molar-refractivity contribution in [3.8, 4) is 0 Å². The molecule has 98 valence electrons. The second-order valence-electron chi connectivity index (χ2n) is 3.93. The quantitative estimate of drug-likeness (QED) is 0.399. The molecule has 0 fully saturated rings. The zero-order valence-corrected chi connectivity index (χ0v) is 10.1. The largest absolute Gasteiger partial charge is 0.391 e. The predicted molar refractivity (Wildman–Crippen MR) is 60.9 cm³/mol. The molecule has 0 aromatic carbocycles. The van der Waals surface area contributed by atoms with Crippen molar-refractivity contribution < 1.29 is 19.5 Å². The Balaban J connectivity index is 4.25. The molecule has 2 amide bonds. The Morgan fingerprint density at radius 3 is 2.12 bits per heavy atom. The van der Waals surface area contributed by atoms with E-state index in [0.717, 1.165) is 0 Å². The molecule has 0 bridgehead atoms. The zero-order chi connectivity index (χ0) is 13.6. The van der Waals surface area contributed by atoms with E-state index in [0.29, 0.717) is 6.29 Å². The van der Waals surface area contributed by atoms with Gasteiger partial charge in [0.05, 0.1) is 12.1 Å². The van der Waals surface area contributed by atoms with E-state index in [9.17, 15) is 14.4 Å². The number of carbonyl (C=O) groups excluding carboxylic acids is 3. The Bertz CT molecular complexity index is 293. The fourth-order valence-electron chi connectivity index (χ4n) is 0.978. The van der Waals surface area contributed by atoms with Crippen LogP contribution in [0.5, 0.6) is 0 Å². The van der Waals surface area contributed by atoms with Gasteiger partial charge < -0.3 is 26.3 Å². The van der Waals surface area contributed by atoms with Gasteiger partial charge in [0, 0.05) is 0 Å². The molecule has 0 aliphatic rings. The van der Waals surface area contributed by atoms with Gasteiger partial charge in [0.15, 0.2) is 0 Å². The van der Waals surface area contributed by atoms with Crippen LogP contribution in [-0.2, 0) is 14.4 Å². The standard InChI is InChI=1S/C10H19N3O4/c1-5(4-14)12-9(16)6(2)13-10(17)8(11)7(3)15/h4-8,15H,11H2,1-3H3,(H,12,16)(H,13,17)/t5-,6-,7+,8-/m0/s1. The zero-order valence-electron chi connectivity index (χ0n) is 10.1. The lowest BCUT2D eigenvalue weighted by atomic mass is 10.1. The highest BCUT2D eigenvalue weighted by molar-refractivity contribution is 5.90. The number of hydrogen-bond acceptors (Lipinski definition) is 5. The molecule has 0 aromatic heterocycles. The van der Waals surface area contributed by atoms with Gasteiger partial charge in [-0.1, -0.05) is 0 Å². The minimum Gasteiger partial charge on any atom is -0.391 e. The van der Waals surface area contributed by atoms with Gasteiger partial charge >= 0.3 is 0 Å². The van der Waals surface area contributed by atoms with Crippen LogP contribution in [0.3, 0.4) is 0 Å². The van der Waals surface area contributed by atoms with Crippen LogP contribution in [-0.4, -0.2) is 47.4 Å². The van der Waals surface area contributed by atoms with Crippen LogP contribution in [0.25, 0.3) is 0 Å². The first kappa shape index (κ1) is 15.5. The SMILES string of the molecule is C[C@H](NC(=O)[C@@H](N)[C@@H](C)O)C(=O)N[C@@H](C)C=O. The highest BCUT2D eigenvalue weighted by Crippen LogP contribution is 1.91. The molecule has 7 nitrogen and oxygen atoms in total. The number of carbonyl (C=O) groups is 3. The maximum Gasteiger partial charge on any atom is 0.242 e. The second kappa shape index (κ2) is 6.97. The summed E-state index contributed by atoms with van der Waals surface area (Å²) in [5.74, 6) is -1.11. The first-order chi connectivity index (χ1) is 7.79. The summed E-state index contributed by atoms with van der Waals surface area (Å²) in [7, 11) is 0. The van der Waals surface area contributed by atoms with Crippen LogP contribution in [0, 0.1) is 0 Å². The Kier molecular flexibility index (Phi) is 6.37. The molecule has 17 heavy (non-hydrogen) atoms. The van der Waals surface area contributed by atoms with E-state index in [1.54, 1.807) is 0 Å². The van der Waals surface area contributed by atoms with Crippen molar-refractivity contribution in [2.75, 3.05) is 0 Å². The number of aliphatic hydroxyl groups is 1. The first-order valence-electron chi connectivity index (χ1n) is 5.29. The van der Waals surface area contributed by atoms with Crippen LogP contribution in [0.4, 0.5) is 0 Å². The molecule has 0 saturated carbocycles. The topological polar surface area (TPSA) is 122 Å². The van der Waals surface area contributed by atoms with E-state index in [-0.39, 0.29) is 0 Å². The van der Waals surface area contributed by atoms with E-state index < -0.39 is 36.0 Å². The molecule has 0 aliphatic heterocycles.